The van der Waals surface area contributed by atoms with E-state index < -0.39 is 0 Å². The molecule has 3 aromatic heterocycles. The van der Waals surface area contributed by atoms with Gasteiger partial charge in [-0.3, -0.25) is 4.40 Å². The van der Waals surface area contributed by atoms with Gasteiger partial charge in [-0.2, -0.15) is 0 Å². The molecule has 26 heavy (non-hydrogen) atoms. The highest BCUT2D eigenvalue weighted by atomic mass is 35.5. The van der Waals surface area contributed by atoms with Gasteiger partial charge in [0.1, 0.15) is 5.82 Å². The van der Waals surface area contributed by atoms with E-state index >= 15 is 0 Å². The van der Waals surface area contributed by atoms with Crippen molar-refractivity contribution in [2.45, 2.75) is 6.54 Å². The van der Waals surface area contributed by atoms with Crippen molar-refractivity contribution in [1.82, 2.24) is 19.2 Å². The standard InChI is InChI=1S/C17H19FN6O.ClH/c1-22(2)15-4-3-14(10-20-15)13-5-6-23-16(7-13)21-24(17(23)25)11-12(8-18)9-19;/h3-8,10H,9,11,19H2,1-2H3;1H/b12-8+;. The van der Waals surface area contributed by atoms with Gasteiger partial charge in [-0.05, 0) is 35.4 Å². The lowest BCUT2D eigenvalue weighted by Crippen LogP contribution is -2.23. The molecule has 9 heteroatoms. The molecule has 0 aromatic carbocycles. The Balaban J connectivity index is 0.00000243. The quantitative estimate of drug-likeness (QED) is 0.732. The fraction of sp³-hybridized carbons (Fsp3) is 0.235. The molecule has 3 aromatic rings. The fourth-order valence-corrected chi connectivity index (χ4v) is 2.46. The number of halogens is 2. The minimum Gasteiger partial charge on any atom is -0.363 e. The van der Waals surface area contributed by atoms with Crippen molar-refractivity contribution in [2.24, 2.45) is 5.73 Å². The van der Waals surface area contributed by atoms with Crippen molar-refractivity contribution in [2.75, 3.05) is 25.5 Å². The maximum atomic E-state index is 12.7. The van der Waals surface area contributed by atoms with Gasteiger partial charge in [0.2, 0.25) is 0 Å². The summed E-state index contributed by atoms with van der Waals surface area (Å²) in [6.45, 7) is 0.0634. The highest BCUT2D eigenvalue weighted by Gasteiger charge is 2.10. The topological polar surface area (TPSA) is 81.5 Å². The van der Waals surface area contributed by atoms with Crippen molar-refractivity contribution in [3.8, 4) is 11.1 Å². The largest absolute Gasteiger partial charge is 0.363 e. The zero-order chi connectivity index (χ0) is 18.0. The first kappa shape index (κ1) is 19.6. The van der Waals surface area contributed by atoms with Crippen LogP contribution in [0.4, 0.5) is 10.2 Å². The van der Waals surface area contributed by atoms with Crippen LogP contribution in [0.1, 0.15) is 0 Å². The molecule has 138 valence electrons. The van der Waals surface area contributed by atoms with Gasteiger partial charge in [0.05, 0.1) is 12.9 Å². The van der Waals surface area contributed by atoms with Gasteiger partial charge < -0.3 is 10.6 Å². The Morgan fingerprint density at radius 1 is 1.31 bits per heavy atom. The van der Waals surface area contributed by atoms with Crippen LogP contribution in [0.3, 0.4) is 0 Å². The van der Waals surface area contributed by atoms with Crippen LogP contribution in [-0.2, 0) is 6.54 Å². The van der Waals surface area contributed by atoms with Crippen LogP contribution in [0.15, 0.2) is 53.4 Å². The molecule has 0 aliphatic carbocycles. The number of nitrogens with zero attached hydrogens (tertiary/aromatic N) is 5. The zero-order valence-electron chi connectivity index (χ0n) is 14.5. The number of hydrogen-bond donors (Lipinski definition) is 1. The molecule has 0 aliphatic rings. The Hall–Kier alpha value is -2.71. The van der Waals surface area contributed by atoms with Gasteiger partial charge in [0, 0.05) is 38.6 Å². The van der Waals surface area contributed by atoms with Gasteiger partial charge in [0.25, 0.3) is 0 Å². The van der Waals surface area contributed by atoms with Crippen LogP contribution in [0.5, 0.6) is 0 Å². The Labute approximate surface area is 156 Å². The predicted octanol–water partition coefficient (Wildman–Crippen LogP) is 1.86. The van der Waals surface area contributed by atoms with E-state index in [0.29, 0.717) is 17.6 Å². The molecular formula is C17H20ClFN6O. The van der Waals surface area contributed by atoms with Gasteiger partial charge >= 0.3 is 5.69 Å². The summed E-state index contributed by atoms with van der Waals surface area (Å²) in [7, 11) is 3.85. The molecule has 0 saturated heterocycles. The van der Waals surface area contributed by atoms with Crippen molar-refractivity contribution >= 4 is 23.9 Å². The van der Waals surface area contributed by atoms with Crippen molar-refractivity contribution in [3.05, 3.63) is 59.0 Å². The van der Waals surface area contributed by atoms with E-state index in [1.165, 1.54) is 9.08 Å². The zero-order valence-corrected chi connectivity index (χ0v) is 15.3. The molecule has 0 saturated carbocycles. The number of fused-ring (bicyclic) bond motifs is 1. The summed E-state index contributed by atoms with van der Waals surface area (Å²) in [6, 6.07) is 7.50. The van der Waals surface area contributed by atoms with Crippen molar-refractivity contribution < 1.29 is 4.39 Å². The summed E-state index contributed by atoms with van der Waals surface area (Å²) in [6.07, 6.45) is 3.84. The molecule has 0 amide bonds. The van der Waals surface area contributed by atoms with E-state index in [1.54, 1.807) is 18.5 Å². The third-order valence-electron chi connectivity index (χ3n) is 3.89. The van der Waals surface area contributed by atoms with Crippen molar-refractivity contribution in [1.29, 1.82) is 0 Å². The van der Waals surface area contributed by atoms with Crippen molar-refractivity contribution in [3.63, 3.8) is 0 Å². The smallest absolute Gasteiger partial charge is 0.350 e. The van der Waals surface area contributed by atoms with Crippen LogP contribution in [0, 0.1) is 0 Å². The van der Waals surface area contributed by atoms with Gasteiger partial charge in [0.15, 0.2) is 5.65 Å². The number of aromatic nitrogens is 4. The second kappa shape index (κ2) is 8.11. The normalized spacial score (nSPS) is 11.5. The van der Waals surface area contributed by atoms with E-state index in [2.05, 4.69) is 10.1 Å². The Morgan fingerprint density at radius 3 is 2.65 bits per heavy atom. The summed E-state index contributed by atoms with van der Waals surface area (Å²) >= 11 is 0. The molecule has 0 bridgehead atoms. The first-order chi connectivity index (χ1) is 12.0. The number of pyridine rings is 2. The Bertz CT molecular complexity index is 977. The second-order valence-corrected chi connectivity index (χ2v) is 5.85. The Morgan fingerprint density at radius 2 is 2.08 bits per heavy atom. The predicted molar refractivity (Wildman–Crippen MR) is 103 cm³/mol. The molecule has 3 heterocycles. The Kier molecular flexibility index (Phi) is 6.12. The molecule has 2 N–H and O–H groups in total. The van der Waals surface area contributed by atoms with Crippen LogP contribution in [-0.4, -0.2) is 39.8 Å². The van der Waals surface area contributed by atoms with Crippen LogP contribution in [0.2, 0.25) is 0 Å². The lowest BCUT2D eigenvalue weighted by molar-refractivity contribution is 0.616. The molecule has 0 spiro atoms. The summed E-state index contributed by atoms with van der Waals surface area (Å²) in [5, 5.41) is 4.26. The SMILES string of the molecule is CN(C)c1ccc(-c2ccn3c(=O)n(C/C(=C/F)CN)nc3c2)cn1.Cl. The summed E-state index contributed by atoms with van der Waals surface area (Å²) < 4.78 is 15.3. The lowest BCUT2D eigenvalue weighted by atomic mass is 10.1. The number of nitrogens with two attached hydrogens (primary N) is 1. The third kappa shape index (κ3) is 3.76. The minimum absolute atomic E-state index is 0. The average Bonchev–Trinajstić information content (AvgIpc) is 2.94. The molecule has 0 aliphatic heterocycles. The number of anilines is 1. The highest BCUT2D eigenvalue weighted by Crippen LogP contribution is 2.21. The molecular weight excluding hydrogens is 359 g/mol. The third-order valence-corrected chi connectivity index (χ3v) is 3.89. The molecule has 0 fully saturated rings. The second-order valence-electron chi connectivity index (χ2n) is 5.85. The van der Waals surface area contributed by atoms with E-state index in [1.807, 2.05) is 37.2 Å². The average molecular weight is 379 g/mol. The van der Waals surface area contributed by atoms with Crippen LogP contribution in [0.25, 0.3) is 16.8 Å². The number of rotatable bonds is 5. The van der Waals surface area contributed by atoms with E-state index in [-0.39, 0.29) is 31.2 Å². The monoisotopic (exact) mass is 378 g/mol. The van der Waals surface area contributed by atoms with Gasteiger partial charge in [-0.25, -0.2) is 18.9 Å². The fourth-order valence-electron chi connectivity index (χ4n) is 2.46. The highest BCUT2D eigenvalue weighted by molar-refractivity contribution is 5.85. The maximum Gasteiger partial charge on any atom is 0.350 e. The molecule has 7 nitrogen and oxygen atoms in total. The molecule has 0 radical (unpaired) electrons. The maximum absolute atomic E-state index is 12.7. The summed E-state index contributed by atoms with van der Waals surface area (Å²) in [4.78, 5) is 18.6. The molecule has 3 rings (SSSR count). The van der Waals surface area contributed by atoms with Crippen LogP contribution >= 0.6 is 12.4 Å². The number of hydrogen-bond acceptors (Lipinski definition) is 5. The minimum atomic E-state index is -0.338. The van der Waals surface area contributed by atoms with E-state index in [9.17, 15) is 9.18 Å². The summed E-state index contributed by atoms with van der Waals surface area (Å²) in [5.41, 5.74) is 7.69. The van der Waals surface area contributed by atoms with Gasteiger partial charge in [-0.1, -0.05) is 0 Å². The lowest BCUT2D eigenvalue weighted by Gasteiger charge is -2.11. The van der Waals surface area contributed by atoms with Gasteiger partial charge in [-0.15, -0.1) is 17.5 Å². The molecule has 0 atom stereocenters. The summed E-state index contributed by atoms with van der Waals surface area (Å²) in [5.74, 6) is 0.859. The van der Waals surface area contributed by atoms with E-state index in [4.69, 9.17) is 5.73 Å². The molecule has 0 unspecified atom stereocenters. The first-order valence-corrected chi connectivity index (χ1v) is 7.74. The van der Waals surface area contributed by atoms with Crippen LogP contribution < -0.4 is 16.3 Å². The first-order valence-electron chi connectivity index (χ1n) is 7.74. The van der Waals surface area contributed by atoms with E-state index in [0.717, 1.165) is 16.9 Å².